The lowest BCUT2D eigenvalue weighted by Gasteiger charge is -2.50. The molecule has 0 aliphatic heterocycles. The molecule has 0 saturated heterocycles. The van der Waals surface area contributed by atoms with Crippen molar-refractivity contribution in [1.29, 1.82) is 0 Å². The Kier molecular flexibility index (Phi) is 6.63. The number of nitrogens with two attached hydrogens (primary N) is 1. The Morgan fingerprint density at radius 2 is 1.73 bits per heavy atom. The quantitative estimate of drug-likeness (QED) is 0.298. The lowest BCUT2D eigenvalue weighted by atomic mass is 9.57. The van der Waals surface area contributed by atoms with E-state index >= 15 is 0 Å². The fraction of sp³-hybridized carbons (Fsp3) is 0.310. The van der Waals surface area contributed by atoms with Crippen molar-refractivity contribution >= 4 is 35.0 Å². The maximum Gasteiger partial charge on any atom is 0.411 e. The van der Waals surface area contributed by atoms with Gasteiger partial charge in [-0.2, -0.15) is 0 Å². The molecule has 0 spiro atoms. The van der Waals surface area contributed by atoms with Gasteiger partial charge in [-0.15, -0.1) is 0 Å². The number of aliphatic hydroxyl groups is 3. The van der Waals surface area contributed by atoms with Crippen LogP contribution in [0.5, 0.6) is 5.75 Å². The molecular formula is C29H29N3O9. The van der Waals surface area contributed by atoms with Crippen LogP contribution in [0.4, 0.5) is 10.5 Å². The van der Waals surface area contributed by atoms with Gasteiger partial charge in [-0.1, -0.05) is 18.2 Å². The molecule has 0 bridgehead atoms. The number of hydrogen-bond donors (Lipinski definition) is 6. The van der Waals surface area contributed by atoms with Crippen molar-refractivity contribution in [3.8, 4) is 16.9 Å². The van der Waals surface area contributed by atoms with Crippen LogP contribution >= 0.6 is 0 Å². The van der Waals surface area contributed by atoms with E-state index in [4.69, 9.17) is 5.73 Å². The minimum absolute atomic E-state index is 0.00412. The van der Waals surface area contributed by atoms with E-state index in [9.17, 15) is 39.6 Å². The number of aliphatic hydroxyl groups excluding tert-OH is 2. The number of ether oxygens (including phenoxy) is 1. The number of likely N-dealkylation sites (N-methyl/N-ethyl adjacent to an activating group) is 1. The van der Waals surface area contributed by atoms with Crippen LogP contribution in [0.2, 0.25) is 0 Å². The molecule has 2 amide bonds. The van der Waals surface area contributed by atoms with Gasteiger partial charge in [-0.3, -0.25) is 24.6 Å². The maximum atomic E-state index is 13.9. The molecule has 3 aliphatic rings. The number of hydrogen-bond acceptors (Lipinski definition) is 10. The van der Waals surface area contributed by atoms with Crippen molar-refractivity contribution in [3.05, 3.63) is 64.4 Å². The molecule has 0 unspecified atom stereocenters. The van der Waals surface area contributed by atoms with Gasteiger partial charge in [-0.25, -0.2) is 4.79 Å². The van der Waals surface area contributed by atoms with Crippen molar-refractivity contribution < 1.29 is 44.3 Å². The van der Waals surface area contributed by atoms with Gasteiger partial charge < -0.3 is 30.9 Å². The smallest absolute Gasteiger partial charge is 0.411 e. The van der Waals surface area contributed by atoms with E-state index < -0.39 is 64.1 Å². The standard InChI is InChI=1S/C29H29N3O9/c1-32(2)22-17-11-13-10-16-15(12-4-6-14(7-5-12)31-28(39)41-3)8-9-18(33)20(16)23(34)19(13)25(36)29(17,40)26(37)21(24(22)35)27(30)38/h4-9,13,17,22,33-34,37,40H,10-11H2,1-3H3,(H2,30,38)(H,31,39)/t13-,17-,22-,29-/m0/s1. The Labute approximate surface area is 234 Å². The largest absolute Gasteiger partial charge is 0.508 e. The average molecular weight is 564 g/mol. The summed E-state index contributed by atoms with van der Waals surface area (Å²) in [6.45, 7) is 0. The zero-order valence-corrected chi connectivity index (χ0v) is 22.5. The number of ketones is 2. The van der Waals surface area contributed by atoms with Gasteiger partial charge in [0.15, 0.2) is 11.4 Å². The number of anilines is 1. The number of amides is 2. The second kappa shape index (κ2) is 9.75. The summed E-state index contributed by atoms with van der Waals surface area (Å²) in [5, 5.41) is 47.4. The minimum Gasteiger partial charge on any atom is -0.508 e. The van der Waals surface area contributed by atoms with E-state index in [1.807, 2.05) is 0 Å². The number of nitrogens with one attached hydrogen (secondary N) is 1. The lowest BCUT2D eigenvalue weighted by molar-refractivity contribution is -0.153. The Hall–Kier alpha value is -4.68. The third kappa shape index (κ3) is 4.06. The number of benzene rings is 2. The third-order valence-corrected chi connectivity index (χ3v) is 8.23. The lowest BCUT2D eigenvalue weighted by Crippen LogP contribution is -2.65. The van der Waals surface area contributed by atoms with Gasteiger partial charge in [0.05, 0.1) is 18.7 Å². The minimum atomic E-state index is -2.69. The molecule has 2 aromatic rings. The fourth-order valence-electron chi connectivity index (χ4n) is 6.42. The van der Waals surface area contributed by atoms with Gasteiger partial charge in [0.2, 0.25) is 5.78 Å². The SMILES string of the molecule is COC(=O)Nc1ccc(-c2ccc(O)c3c2C[C@H]2C[C@H]4[C@H](N(C)C)C(=O)C(C(N)=O)=C(O)[C@@]4(O)C(=O)C2=C3O)cc1. The number of phenols is 1. The zero-order chi connectivity index (χ0) is 30.0. The second-order valence-electron chi connectivity index (χ2n) is 10.6. The first kappa shape index (κ1) is 27.9. The molecule has 1 saturated carbocycles. The summed E-state index contributed by atoms with van der Waals surface area (Å²) in [6, 6.07) is 8.63. The summed E-state index contributed by atoms with van der Waals surface area (Å²) in [5.41, 5.74) is 3.92. The van der Waals surface area contributed by atoms with Crippen molar-refractivity contribution in [2.24, 2.45) is 17.6 Å². The highest BCUT2D eigenvalue weighted by atomic mass is 16.5. The van der Waals surface area contributed by atoms with E-state index in [1.165, 1.54) is 18.1 Å². The molecule has 1 fully saturated rings. The van der Waals surface area contributed by atoms with Gasteiger partial charge in [0.1, 0.15) is 22.8 Å². The first-order chi connectivity index (χ1) is 19.3. The van der Waals surface area contributed by atoms with Crippen molar-refractivity contribution in [2.45, 2.75) is 24.5 Å². The highest BCUT2D eigenvalue weighted by molar-refractivity contribution is 6.24. The molecule has 7 N–H and O–H groups in total. The van der Waals surface area contributed by atoms with Crippen LogP contribution in [0.3, 0.4) is 0 Å². The first-order valence-corrected chi connectivity index (χ1v) is 12.8. The summed E-state index contributed by atoms with van der Waals surface area (Å²) in [6.07, 6.45) is -0.492. The topological polar surface area (TPSA) is 200 Å². The molecule has 0 heterocycles. The molecule has 0 radical (unpaired) electrons. The molecule has 2 aromatic carbocycles. The number of primary amides is 1. The summed E-state index contributed by atoms with van der Waals surface area (Å²) >= 11 is 0. The summed E-state index contributed by atoms with van der Waals surface area (Å²) in [7, 11) is 4.33. The third-order valence-electron chi connectivity index (χ3n) is 8.23. The maximum absolute atomic E-state index is 13.9. The molecule has 41 heavy (non-hydrogen) atoms. The van der Waals surface area contributed by atoms with Crippen molar-refractivity contribution in [3.63, 3.8) is 0 Å². The van der Waals surface area contributed by atoms with E-state index in [0.29, 0.717) is 22.4 Å². The van der Waals surface area contributed by atoms with Crippen LogP contribution in [0.15, 0.2) is 53.3 Å². The van der Waals surface area contributed by atoms with Crippen LogP contribution < -0.4 is 11.1 Å². The zero-order valence-electron chi connectivity index (χ0n) is 22.5. The number of phenolic OH excluding ortho intramolecular Hbond substituents is 1. The monoisotopic (exact) mass is 563 g/mol. The van der Waals surface area contributed by atoms with Gasteiger partial charge in [-0.05, 0) is 67.7 Å². The highest BCUT2D eigenvalue weighted by Gasteiger charge is 2.64. The van der Waals surface area contributed by atoms with E-state index in [1.54, 1.807) is 44.4 Å². The van der Waals surface area contributed by atoms with Gasteiger partial charge in [0.25, 0.3) is 5.91 Å². The van der Waals surface area contributed by atoms with Crippen LogP contribution in [-0.2, 0) is 25.5 Å². The predicted molar refractivity (Wildman–Crippen MR) is 146 cm³/mol. The number of aromatic hydroxyl groups is 1. The molecule has 5 rings (SSSR count). The van der Waals surface area contributed by atoms with Gasteiger partial charge in [0, 0.05) is 17.2 Å². The first-order valence-electron chi connectivity index (χ1n) is 12.8. The summed E-state index contributed by atoms with van der Waals surface area (Å²) < 4.78 is 4.60. The second-order valence-corrected chi connectivity index (χ2v) is 10.6. The summed E-state index contributed by atoms with van der Waals surface area (Å²) in [4.78, 5) is 52.3. The average Bonchev–Trinajstić information content (AvgIpc) is 2.91. The Balaban J connectivity index is 1.65. The number of rotatable bonds is 4. The molecule has 12 nitrogen and oxygen atoms in total. The van der Waals surface area contributed by atoms with Crippen LogP contribution in [0.1, 0.15) is 17.5 Å². The van der Waals surface area contributed by atoms with E-state index in [2.05, 4.69) is 10.1 Å². The Morgan fingerprint density at radius 1 is 1.07 bits per heavy atom. The molecule has 4 atom stereocenters. The van der Waals surface area contributed by atoms with Crippen molar-refractivity contribution in [2.75, 3.05) is 26.5 Å². The van der Waals surface area contributed by atoms with Crippen LogP contribution in [-0.4, -0.2) is 81.7 Å². The fourth-order valence-corrected chi connectivity index (χ4v) is 6.42. The van der Waals surface area contributed by atoms with E-state index in [-0.39, 0.29) is 29.7 Å². The normalized spacial score (nSPS) is 25.4. The Bertz CT molecular complexity index is 1570. The number of methoxy groups -OCH3 is 1. The number of Topliss-reactive ketones (excluding diaryl/α,β-unsaturated/α-hetero) is 2. The van der Waals surface area contributed by atoms with Crippen LogP contribution in [0, 0.1) is 11.8 Å². The molecular weight excluding hydrogens is 534 g/mol. The summed E-state index contributed by atoms with van der Waals surface area (Å²) in [5.74, 6) is -7.03. The van der Waals surface area contributed by atoms with Crippen molar-refractivity contribution in [1.82, 2.24) is 4.90 Å². The van der Waals surface area contributed by atoms with E-state index in [0.717, 1.165) is 0 Å². The number of nitrogens with zero attached hydrogens (tertiary/aromatic N) is 1. The molecule has 12 heteroatoms. The number of carbonyl (C=O) groups is 4. The number of carbonyl (C=O) groups excluding carboxylic acids is 4. The molecule has 0 aromatic heterocycles. The Morgan fingerprint density at radius 3 is 2.32 bits per heavy atom. The highest BCUT2D eigenvalue weighted by Crippen LogP contribution is 2.53. The van der Waals surface area contributed by atoms with Crippen LogP contribution in [0.25, 0.3) is 16.9 Å². The molecule has 214 valence electrons. The molecule has 3 aliphatic carbocycles. The van der Waals surface area contributed by atoms with Gasteiger partial charge >= 0.3 is 6.09 Å². The number of fused-ring (bicyclic) bond motifs is 3. The predicted octanol–water partition coefficient (Wildman–Crippen LogP) is 1.81.